The first-order valence-electron chi connectivity index (χ1n) is 5.34. The summed E-state index contributed by atoms with van der Waals surface area (Å²) in [6, 6.07) is 2.48. The fourth-order valence-electron chi connectivity index (χ4n) is 1.88. The lowest BCUT2D eigenvalue weighted by atomic mass is 10.0. The monoisotopic (exact) mass is 190 g/mol. The summed E-state index contributed by atoms with van der Waals surface area (Å²) in [6.07, 6.45) is 5.61. The maximum atomic E-state index is 6.09. The summed E-state index contributed by atoms with van der Waals surface area (Å²) >= 11 is 0. The zero-order valence-electron chi connectivity index (χ0n) is 8.96. The molecule has 2 nitrogen and oxygen atoms in total. The van der Waals surface area contributed by atoms with E-state index < -0.39 is 0 Å². The second-order valence-corrected chi connectivity index (χ2v) is 4.46. The Kier molecular flexibility index (Phi) is 2.55. The molecule has 1 aliphatic carbocycles. The van der Waals surface area contributed by atoms with Gasteiger partial charge in [-0.1, -0.05) is 0 Å². The van der Waals surface area contributed by atoms with Gasteiger partial charge in [-0.2, -0.15) is 0 Å². The maximum absolute atomic E-state index is 6.09. The zero-order chi connectivity index (χ0) is 10.1. The lowest BCUT2D eigenvalue weighted by molar-refractivity contribution is 0.589. The summed E-state index contributed by atoms with van der Waals surface area (Å²) in [5.41, 5.74) is 9.82. The van der Waals surface area contributed by atoms with Crippen molar-refractivity contribution < 1.29 is 0 Å². The van der Waals surface area contributed by atoms with Crippen molar-refractivity contribution in [3.05, 3.63) is 29.1 Å². The third-order valence-corrected chi connectivity index (χ3v) is 3.04. The molecular weight excluding hydrogens is 172 g/mol. The molecule has 0 radical (unpaired) electrons. The van der Waals surface area contributed by atoms with Gasteiger partial charge < -0.3 is 5.73 Å². The van der Waals surface area contributed by atoms with Crippen molar-refractivity contribution >= 4 is 0 Å². The number of rotatable bonds is 3. The van der Waals surface area contributed by atoms with E-state index in [0.717, 1.165) is 18.0 Å². The van der Waals surface area contributed by atoms with E-state index in [0.29, 0.717) is 6.04 Å². The Morgan fingerprint density at radius 3 is 2.79 bits per heavy atom. The van der Waals surface area contributed by atoms with Gasteiger partial charge in [-0.3, -0.25) is 4.98 Å². The second-order valence-electron chi connectivity index (χ2n) is 4.46. The Balaban J connectivity index is 2.07. The van der Waals surface area contributed by atoms with Crippen molar-refractivity contribution in [2.75, 3.05) is 0 Å². The minimum atomic E-state index is 0.346. The molecule has 14 heavy (non-hydrogen) atoms. The van der Waals surface area contributed by atoms with E-state index in [2.05, 4.69) is 18.0 Å². The molecule has 0 amide bonds. The first-order valence-corrected chi connectivity index (χ1v) is 5.34. The molecule has 1 heterocycles. The number of aryl methyl sites for hydroxylation is 2. The number of nitrogens with two attached hydrogens (primary N) is 1. The van der Waals surface area contributed by atoms with Crippen LogP contribution >= 0.6 is 0 Å². The van der Waals surface area contributed by atoms with Crippen molar-refractivity contribution in [2.45, 2.75) is 39.2 Å². The van der Waals surface area contributed by atoms with Crippen molar-refractivity contribution in [2.24, 2.45) is 11.7 Å². The van der Waals surface area contributed by atoms with Gasteiger partial charge in [0.1, 0.15) is 0 Å². The molecule has 0 aliphatic heterocycles. The predicted octanol–water partition coefficient (Wildman–Crippen LogP) is 1.98. The van der Waals surface area contributed by atoms with Crippen LogP contribution in [-0.4, -0.2) is 11.0 Å². The number of hydrogen-bond donors (Lipinski definition) is 1. The molecule has 1 saturated carbocycles. The molecule has 1 aromatic heterocycles. The van der Waals surface area contributed by atoms with E-state index in [1.54, 1.807) is 0 Å². The highest BCUT2D eigenvalue weighted by atomic mass is 14.7. The molecular formula is C12H18N2. The smallest absolute Gasteiger partial charge is 0.0375 e. The fraction of sp³-hybridized carbons (Fsp3) is 0.583. The Labute approximate surface area is 85.5 Å². The minimum absolute atomic E-state index is 0.346. The summed E-state index contributed by atoms with van der Waals surface area (Å²) < 4.78 is 0. The average Bonchev–Trinajstić information content (AvgIpc) is 2.92. The van der Waals surface area contributed by atoms with Crippen LogP contribution < -0.4 is 5.73 Å². The third-order valence-electron chi connectivity index (χ3n) is 3.04. The Hall–Kier alpha value is -0.890. The summed E-state index contributed by atoms with van der Waals surface area (Å²) in [4.78, 5) is 4.32. The molecule has 1 unspecified atom stereocenters. The van der Waals surface area contributed by atoms with Gasteiger partial charge in [0.15, 0.2) is 0 Å². The first kappa shape index (κ1) is 9.66. The van der Waals surface area contributed by atoms with E-state index in [4.69, 9.17) is 5.73 Å². The molecule has 0 saturated heterocycles. The summed E-state index contributed by atoms with van der Waals surface area (Å²) in [5.74, 6) is 0.774. The molecule has 2 heteroatoms. The molecule has 1 aliphatic rings. The van der Waals surface area contributed by atoms with Crippen LogP contribution in [0.4, 0.5) is 0 Å². The van der Waals surface area contributed by atoms with Gasteiger partial charge in [0, 0.05) is 17.9 Å². The van der Waals surface area contributed by atoms with Crippen LogP contribution in [0.1, 0.15) is 29.7 Å². The van der Waals surface area contributed by atoms with Crippen LogP contribution in [0.15, 0.2) is 12.3 Å². The Bertz CT molecular complexity index is 329. The highest BCUT2D eigenvalue weighted by Gasteiger charge is 2.28. The maximum Gasteiger partial charge on any atom is 0.0375 e. The van der Waals surface area contributed by atoms with Crippen LogP contribution in [-0.2, 0) is 6.42 Å². The molecule has 2 N–H and O–H groups in total. The van der Waals surface area contributed by atoms with Crippen molar-refractivity contribution in [3.8, 4) is 0 Å². The van der Waals surface area contributed by atoms with E-state index >= 15 is 0 Å². The predicted molar refractivity (Wildman–Crippen MR) is 58.1 cm³/mol. The number of pyridine rings is 1. The largest absolute Gasteiger partial charge is 0.327 e. The van der Waals surface area contributed by atoms with Crippen LogP contribution in [0, 0.1) is 19.8 Å². The van der Waals surface area contributed by atoms with Crippen molar-refractivity contribution in [1.82, 2.24) is 4.98 Å². The fourth-order valence-corrected chi connectivity index (χ4v) is 1.88. The van der Waals surface area contributed by atoms with Gasteiger partial charge >= 0.3 is 0 Å². The molecule has 0 spiro atoms. The van der Waals surface area contributed by atoms with E-state index in [9.17, 15) is 0 Å². The van der Waals surface area contributed by atoms with Gasteiger partial charge in [-0.05, 0) is 56.2 Å². The quantitative estimate of drug-likeness (QED) is 0.791. The number of nitrogens with zero attached hydrogens (tertiary/aromatic N) is 1. The summed E-state index contributed by atoms with van der Waals surface area (Å²) in [6.45, 7) is 4.17. The lowest BCUT2D eigenvalue weighted by Gasteiger charge is -2.12. The first-order chi connectivity index (χ1) is 6.66. The van der Waals surface area contributed by atoms with E-state index in [1.807, 2.05) is 13.1 Å². The second kappa shape index (κ2) is 3.70. The van der Waals surface area contributed by atoms with Crippen molar-refractivity contribution in [1.29, 1.82) is 0 Å². The molecule has 0 bridgehead atoms. The van der Waals surface area contributed by atoms with Gasteiger partial charge in [-0.15, -0.1) is 0 Å². The average molecular weight is 190 g/mol. The number of hydrogen-bond acceptors (Lipinski definition) is 2. The van der Waals surface area contributed by atoms with Gasteiger partial charge in [0.2, 0.25) is 0 Å². The molecule has 2 rings (SSSR count). The van der Waals surface area contributed by atoms with Gasteiger partial charge in [-0.25, -0.2) is 0 Å². The Morgan fingerprint density at radius 1 is 1.50 bits per heavy atom. The van der Waals surface area contributed by atoms with Crippen LogP contribution in [0.2, 0.25) is 0 Å². The Morgan fingerprint density at radius 2 is 2.21 bits per heavy atom. The van der Waals surface area contributed by atoms with Gasteiger partial charge in [0.25, 0.3) is 0 Å². The minimum Gasteiger partial charge on any atom is -0.327 e. The third kappa shape index (κ3) is 2.13. The molecule has 0 aromatic carbocycles. The van der Waals surface area contributed by atoms with Crippen molar-refractivity contribution in [3.63, 3.8) is 0 Å². The van der Waals surface area contributed by atoms with Gasteiger partial charge in [0.05, 0.1) is 0 Å². The lowest BCUT2D eigenvalue weighted by Crippen LogP contribution is -2.25. The topological polar surface area (TPSA) is 38.9 Å². The SMILES string of the molecule is Cc1cc(C)c(CC(N)C2CC2)cn1. The van der Waals surface area contributed by atoms with E-state index in [-0.39, 0.29) is 0 Å². The van der Waals surface area contributed by atoms with Crippen LogP contribution in [0.3, 0.4) is 0 Å². The molecule has 1 aromatic rings. The highest BCUT2D eigenvalue weighted by Crippen LogP contribution is 2.33. The van der Waals surface area contributed by atoms with Crippen LogP contribution in [0.25, 0.3) is 0 Å². The normalized spacial score (nSPS) is 18.2. The van der Waals surface area contributed by atoms with Crippen LogP contribution in [0.5, 0.6) is 0 Å². The zero-order valence-corrected chi connectivity index (χ0v) is 8.96. The number of aromatic nitrogens is 1. The molecule has 1 fully saturated rings. The summed E-state index contributed by atoms with van der Waals surface area (Å²) in [7, 11) is 0. The summed E-state index contributed by atoms with van der Waals surface area (Å²) in [5, 5.41) is 0. The molecule has 76 valence electrons. The highest BCUT2D eigenvalue weighted by molar-refractivity contribution is 5.25. The molecule has 1 atom stereocenters. The standard InChI is InChI=1S/C12H18N2/c1-8-5-9(2)14-7-11(8)6-12(13)10-3-4-10/h5,7,10,12H,3-4,6,13H2,1-2H3. The van der Waals surface area contributed by atoms with E-state index in [1.165, 1.54) is 24.0 Å².